The molecule has 0 radical (unpaired) electrons. The number of nitrogens with one attached hydrogen (secondary N) is 2. The Balaban J connectivity index is 1.82. The van der Waals surface area contributed by atoms with Gasteiger partial charge >= 0.3 is 6.03 Å². The summed E-state index contributed by atoms with van der Waals surface area (Å²) in [6.07, 6.45) is 0. The predicted octanol–water partition coefficient (Wildman–Crippen LogP) is 5.80. The van der Waals surface area contributed by atoms with Crippen LogP contribution in [0.25, 0.3) is 21.9 Å². The van der Waals surface area contributed by atoms with E-state index in [4.69, 9.17) is 11.6 Å². The van der Waals surface area contributed by atoms with Crippen LogP contribution in [0.4, 0.5) is 10.6 Å². The van der Waals surface area contributed by atoms with E-state index in [-0.39, 0.29) is 12.1 Å². The first-order valence-electron chi connectivity index (χ1n) is 10.3. The lowest BCUT2D eigenvalue weighted by atomic mass is 9.92. The van der Waals surface area contributed by atoms with Gasteiger partial charge in [-0.05, 0) is 53.6 Å². The van der Waals surface area contributed by atoms with Gasteiger partial charge in [-0.15, -0.1) is 0 Å². The van der Waals surface area contributed by atoms with Crippen molar-refractivity contribution in [1.29, 1.82) is 0 Å². The van der Waals surface area contributed by atoms with Gasteiger partial charge in [0, 0.05) is 29.6 Å². The van der Waals surface area contributed by atoms with Crippen LogP contribution in [-0.4, -0.2) is 10.6 Å². The number of aromatic nitrogens is 1. The molecule has 0 aliphatic heterocycles. The average Bonchev–Trinajstić information content (AvgIpc) is 2.78. The van der Waals surface area contributed by atoms with Crippen LogP contribution in [0.15, 0.2) is 71.5 Å². The summed E-state index contributed by atoms with van der Waals surface area (Å²) in [7, 11) is 1.68. The van der Waals surface area contributed by atoms with Gasteiger partial charge in [-0.25, -0.2) is 4.79 Å². The van der Waals surface area contributed by atoms with Crippen LogP contribution < -0.4 is 16.2 Å². The number of anilines is 1. The molecule has 3 aromatic carbocycles. The molecule has 0 aliphatic rings. The van der Waals surface area contributed by atoms with E-state index in [1.54, 1.807) is 13.1 Å². The second-order valence-electron chi connectivity index (χ2n) is 7.80. The second kappa shape index (κ2) is 8.89. The highest BCUT2D eigenvalue weighted by Crippen LogP contribution is 2.37. The van der Waals surface area contributed by atoms with Crippen molar-refractivity contribution in [2.45, 2.75) is 20.4 Å². The normalized spacial score (nSPS) is 10.9. The molecule has 0 bridgehead atoms. The van der Waals surface area contributed by atoms with Gasteiger partial charge in [0.05, 0.1) is 0 Å². The molecule has 0 fully saturated rings. The van der Waals surface area contributed by atoms with Gasteiger partial charge in [0.2, 0.25) is 0 Å². The van der Waals surface area contributed by atoms with Gasteiger partial charge in [-0.1, -0.05) is 66.2 Å². The number of halogens is 1. The molecule has 0 unspecified atom stereocenters. The van der Waals surface area contributed by atoms with Crippen molar-refractivity contribution in [1.82, 2.24) is 9.88 Å². The highest BCUT2D eigenvalue weighted by molar-refractivity contribution is 6.31. The van der Waals surface area contributed by atoms with Crippen LogP contribution in [-0.2, 0) is 13.6 Å². The summed E-state index contributed by atoms with van der Waals surface area (Å²) < 4.78 is 1.50. The molecule has 1 aromatic heterocycles. The largest absolute Gasteiger partial charge is 0.334 e. The highest BCUT2D eigenvalue weighted by Gasteiger charge is 2.20. The molecule has 0 saturated carbocycles. The van der Waals surface area contributed by atoms with E-state index in [1.807, 2.05) is 74.5 Å². The number of urea groups is 1. The molecule has 162 valence electrons. The zero-order chi connectivity index (χ0) is 22.8. The lowest BCUT2D eigenvalue weighted by Gasteiger charge is -2.21. The van der Waals surface area contributed by atoms with Crippen molar-refractivity contribution in [2.75, 3.05) is 5.32 Å². The SMILES string of the molecule is Cc1cccc(C)c1-c1c(NC(=O)NCc2ccccc2Cl)n(C)c(=O)c2ccccc12. The minimum absolute atomic E-state index is 0.169. The Morgan fingerprint density at radius 3 is 2.19 bits per heavy atom. The van der Waals surface area contributed by atoms with Crippen molar-refractivity contribution >= 4 is 34.2 Å². The lowest BCUT2D eigenvalue weighted by molar-refractivity contribution is 0.251. The number of amides is 2. The molecular weight excluding hydrogens is 422 g/mol. The second-order valence-corrected chi connectivity index (χ2v) is 8.21. The molecule has 0 atom stereocenters. The lowest BCUT2D eigenvalue weighted by Crippen LogP contribution is -2.32. The van der Waals surface area contributed by atoms with Crippen molar-refractivity contribution in [3.05, 3.63) is 98.8 Å². The van der Waals surface area contributed by atoms with E-state index in [0.717, 1.165) is 33.2 Å². The molecule has 5 nitrogen and oxygen atoms in total. The topological polar surface area (TPSA) is 63.1 Å². The quantitative estimate of drug-likeness (QED) is 0.417. The number of carbonyl (C=O) groups excluding carboxylic acids is 1. The number of hydrogen-bond acceptors (Lipinski definition) is 2. The van der Waals surface area contributed by atoms with Gasteiger partial charge in [0.25, 0.3) is 5.56 Å². The van der Waals surface area contributed by atoms with Crippen molar-refractivity contribution < 1.29 is 4.79 Å². The number of carbonyl (C=O) groups is 1. The number of benzene rings is 3. The van der Waals surface area contributed by atoms with E-state index in [0.29, 0.717) is 16.2 Å². The Hall–Kier alpha value is -3.57. The minimum Gasteiger partial charge on any atom is -0.334 e. The molecule has 0 aliphatic carbocycles. The molecule has 1 heterocycles. The molecule has 4 aromatic rings. The molecular formula is C26H24ClN3O2. The summed E-state index contributed by atoms with van der Waals surface area (Å²) in [6, 6.07) is 20.5. The van der Waals surface area contributed by atoms with Crippen LogP contribution in [0, 0.1) is 13.8 Å². The Morgan fingerprint density at radius 1 is 0.875 bits per heavy atom. The maximum absolute atomic E-state index is 13.1. The molecule has 0 spiro atoms. The number of hydrogen-bond donors (Lipinski definition) is 2. The minimum atomic E-state index is -0.414. The Bertz CT molecular complexity index is 1370. The van der Waals surface area contributed by atoms with Gasteiger partial charge in [0.15, 0.2) is 0 Å². The van der Waals surface area contributed by atoms with Crippen molar-refractivity contribution in [2.24, 2.45) is 7.05 Å². The maximum Gasteiger partial charge on any atom is 0.320 e. The molecule has 32 heavy (non-hydrogen) atoms. The van der Waals surface area contributed by atoms with Gasteiger partial charge in [-0.3, -0.25) is 14.7 Å². The third-order valence-corrected chi connectivity index (χ3v) is 6.03. The van der Waals surface area contributed by atoms with E-state index in [2.05, 4.69) is 10.6 Å². The first-order valence-corrected chi connectivity index (χ1v) is 10.7. The fourth-order valence-corrected chi connectivity index (χ4v) is 4.24. The summed E-state index contributed by atoms with van der Waals surface area (Å²) >= 11 is 6.20. The molecule has 4 rings (SSSR count). The number of aryl methyl sites for hydroxylation is 2. The first-order chi connectivity index (χ1) is 15.4. The summed E-state index contributed by atoms with van der Waals surface area (Å²) in [6.45, 7) is 4.33. The molecule has 2 N–H and O–H groups in total. The third kappa shape index (κ3) is 3.99. The van der Waals surface area contributed by atoms with E-state index < -0.39 is 6.03 Å². The fraction of sp³-hybridized carbons (Fsp3) is 0.154. The van der Waals surface area contributed by atoms with E-state index >= 15 is 0 Å². The highest BCUT2D eigenvalue weighted by atomic mass is 35.5. The Morgan fingerprint density at radius 2 is 1.50 bits per heavy atom. The predicted molar refractivity (Wildman–Crippen MR) is 131 cm³/mol. The van der Waals surface area contributed by atoms with E-state index in [1.165, 1.54) is 4.57 Å². The zero-order valence-electron chi connectivity index (χ0n) is 18.2. The standard InChI is InChI=1S/C26H24ClN3O2/c1-16-9-8-10-17(2)22(16)23-19-12-5-6-13-20(19)25(31)30(3)24(23)29-26(32)28-15-18-11-4-7-14-21(18)27/h4-14H,15H2,1-3H3,(H2,28,29,32). The van der Waals surface area contributed by atoms with Crippen LogP contribution in [0.1, 0.15) is 16.7 Å². The van der Waals surface area contributed by atoms with Crippen LogP contribution in [0.2, 0.25) is 5.02 Å². The van der Waals surface area contributed by atoms with E-state index in [9.17, 15) is 9.59 Å². The van der Waals surface area contributed by atoms with Gasteiger partial charge < -0.3 is 5.32 Å². The third-order valence-electron chi connectivity index (χ3n) is 5.66. The van der Waals surface area contributed by atoms with Crippen LogP contribution in [0.3, 0.4) is 0 Å². The molecule has 6 heteroatoms. The summed E-state index contributed by atoms with van der Waals surface area (Å²) in [5, 5.41) is 7.76. The first kappa shape index (κ1) is 21.7. The Labute approximate surface area is 191 Å². The zero-order valence-corrected chi connectivity index (χ0v) is 19.0. The average molecular weight is 446 g/mol. The summed E-state index contributed by atoms with van der Waals surface area (Å²) in [5.41, 5.74) is 4.59. The van der Waals surface area contributed by atoms with Gasteiger partial charge in [0.1, 0.15) is 5.82 Å². The van der Waals surface area contributed by atoms with Gasteiger partial charge in [-0.2, -0.15) is 0 Å². The summed E-state index contributed by atoms with van der Waals surface area (Å²) in [5.74, 6) is 0.447. The molecule has 2 amide bonds. The number of fused-ring (bicyclic) bond motifs is 1. The summed E-state index contributed by atoms with van der Waals surface area (Å²) in [4.78, 5) is 26.0. The number of nitrogens with zero attached hydrogens (tertiary/aromatic N) is 1. The van der Waals surface area contributed by atoms with Crippen LogP contribution in [0.5, 0.6) is 0 Å². The number of rotatable bonds is 4. The fourth-order valence-electron chi connectivity index (χ4n) is 4.04. The molecule has 0 saturated heterocycles. The Kier molecular flexibility index (Phi) is 6.01. The van der Waals surface area contributed by atoms with Crippen LogP contribution >= 0.6 is 11.6 Å². The maximum atomic E-state index is 13.1. The van der Waals surface area contributed by atoms with Crippen molar-refractivity contribution in [3.8, 4) is 11.1 Å². The smallest absolute Gasteiger partial charge is 0.320 e. The monoisotopic (exact) mass is 445 g/mol. The van der Waals surface area contributed by atoms with Crippen molar-refractivity contribution in [3.63, 3.8) is 0 Å². The number of pyridine rings is 1.